The first-order chi connectivity index (χ1) is 13.8. The molecule has 1 saturated heterocycles. The van der Waals surface area contributed by atoms with Crippen molar-refractivity contribution < 1.29 is 22.3 Å². The van der Waals surface area contributed by atoms with E-state index in [9.17, 15) is 8.42 Å². The summed E-state index contributed by atoms with van der Waals surface area (Å²) in [6.45, 7) is 7.14. The standard InChI is InChI=1S/C21H30N2O5S/c1-15-11-18(16(2)28-15)14-23-9-7-17(8-10-23)13-22-29(24,25)21-12-19(26-3)5-6-20(21)27-4/h5-6,11-12,17,22H,7-10,13-14H2,1-4H3. The van der Waals surface area contributed by atoms with Crippen LogP contribution in [0.15, 0.2) is 33.6 Å². The van der Waals surface area contributed by atoms with E-state index in [-0.39, 0.29) is 4.90 Å². The van der Waals surface area contributed by atoms with E-state index in [0.29, 0.717) is 24.0 Å². The molecular formula is C21H30N2O5S. The Hall–Kier alpha value is -2.03. The zero-order valence-electron chi connectivity index (χ0n) is 17.5. The van der Waals surface area contributed by atoms with Crippen molar-refractivity contribution >= 4 is 10.0 Å². The molecule has 1 aromatic carbocycles. The molecule has 0 radical (unpaired) electrons. The number of benzene rings is 1. The minimum Gasteiger partial charge on any atom is -0.497 e. The average Bonchev–Trinajstić information content (AvgIpc) is 3.03. The van der Waals surface area contributed by atoms with Crippen molar-refractivity contribution in [1.82, 2.24) is 9.62 Å². The molecular weight excluding hydrogens is 392 g/mol. The highest BCUT2D eigenvalue weighted by molar-refractivity contribution is 7.89. The molecule has 0 unspecified atom stereocenters. The second-order valence-corrected chi connectivity index (χ2v) is 9.26. The molecule has 0 aliphatic carbocycles. The highest BCUT2D eigenvalue weighted by atomic mass is 32.2. The van der Waals surface area contributed by atoms with Crippen LogP contribution in [-0.4, -0.2) is 47.2 Å². The number of aryl methyl sites for hydroxylation is 2. The first kappa shape index (κ1) is 21.7. The van der Waals surface area contributed by atoms with Gasteiger partial charge in [-0.3, -0.25) is 4.90 Å². The molecule has 2 heterocycles. The molecule has 29 heavy (non-hydrogen) atoms. The molecule has 0 saturated carbocycles. The van der Waals surface area contributed by atoms with E-state index >= 15 is 0 Å². The zero-order chi connectivity index (χ0) is 21.0. The molecule has 8 heteroatoms. The summed E-state index contributed by atoms with van der Waals surface area (Å²) in [5.41, 5.74) is 1.23. The molecule has 0 spiro atoms. The Kier molecular flexibility index (Phi) is 6.87. The Balaban J connectivity index is 1.55. The van der Waals surface area contributed by atoms with E-state index in [4.69, 9.17) is 13.9 Å². The van der Waals surface area contributed by atoms with Crippen LogP contribution in [0.2, 0.25) is 0 Å². The molecule has 0 atom stereocenters. The fourth-order valence-corrected chi connectivity index (χ4v) is 5.03. The number of ether oxygens (including phenoxy) is 2. The summed E-state index contributed by atoms with van der Waals surface area (Å²) in [4.78, 5) is 2.50. The largest absolute Gasteiger partial charge is 0.497 e. The van der Waals surface area contributed by atoms with E-state index in [1.165, 1.54) is 25.8 Å². The predicted octanol–water partition coefficient (Wildman–Crippen LogP) is 3.10. The fourth-order valence-electron chi connectivity index (χ4n) is 3.73. The SMILES string of the molecule is COc1ccc(OC)c(S(=O)(=O)NCC2CCN(Cc3cc(C)oc3C)CC2)c1. The summed E-state index contributed by atoms with van der Waals surface area (Å²) < 4.78 is 44.3. The van der Waals surface area contributed by atoms with Crippen LogP contribution >= 0.6 is 0 Å². The highest BCUT2D eigenvalue weighted by Crippen LogP contribution is 2.28. The molecule has 2 aromatic rings. The number of nitrogens with one attached hydrogen (secondary N) is 1. The molecule has 7 nitrogen and oxygen atoms in total. The maximum Gasteiger partial charge on any atom is 0.244 e. The van der Waals surface area contributed by atoms with Crippen LogP contribution in [0.25, 0.3) is 0 Å². The Labute approximate surface area is 173 Å². The third kappa shape index (κ3) is 5.32. The average molecular weight is 423 g/mol. The molecule has 3 rings (SSSR count). The van der Waals surface area contributed by atoms with Gasteiger partial charge >= 0.3 is 0 Å². The van der Waals surface area contributed by atoms with Crippen LogP contribution in [0, 0.1) is 19.8 Å². The maximum absolute atomic E-state index is 12.8. The quantitative estimate of drug-likeness (QED) is 0.704. The minimum absolute atomic E-state index is 0.0996. The van der Waals surface area contributed by atoms with E-state index < -0.39 is 10.0 Å². The summed E-state index contributed by atoms with van der Waals surface area (Å²) >= 11 is 0. The van der Waals surface area contributed by atoms with Crippen molar-refractivity contribution in [3.8, 4) is 11.5 Å². The Morgan fingerprint density at radius 3 is 2.45 bits per heavy atom. The summed E-state index contributed by atoms with van der Waals surface area (Å²) in [6.07, 6.45) is 1.90. The minimum atomic E-state index is -3.68. The highest BCUT2D eigenvalue weighted by Gasteiger charge is 2.25. The van der Waals surface area contributed by atoms with Gasteiger partial charge in [0, 0.05) is 24.7 Å². The second-order valence-electron chi connectivity index (χ2n) is 7.53. The smallest absolute Gasteiger partial charge is 0.244 e. The van der Waals surface area contributed by atoms with Crippen LogP contribution in [0.3, 0.4) is 0 Å². The molecule has 1 aromatic heterocycles. The lowest BCUT2D eigenvalue weighted by molar-refractivity contribution is 0.178. The summed E-state index contributed by atoms with van der Waals surface area (Å²) in [5.74, 6) is 3.01. The molecule has 0 amide bonds. The topological polar surface area (TPSA) is 81.0 Å². The van der Waals surface area contributed by atoms with Crippen molar-refractivity contribution in [2.24, 2.45) is 5.92 Å². The van der Waals surface area contributed by atoms with Gasteiger partial charge in [-0.05, 0) is 63.9 Å². The third-order valence-corrected chi connectivity index (χ3v) is 6.91. The lowest BCUT2D eigenvalue weighted by Gasteiger charge is -2.31. The number of methoxy groups -OCH3 is 2. The molecule has 1 aliphatic rings. The van der Waals surface area contributed by atoms with E-state index in [2.05, 4.69) is 15.7 Å². The molecule has 1 N–H and O–H groups in total. The van der Waals surface area contributed by atoms with Crippen LogP contribution in [0.1, 0.15) is 29.9 Å². The van der Waals surface area contributed by atoms with Crippen molar-refractivity contribution in [2.45, 2.75) is 38.1 Å². The van der Waals surface area contributed by atoms with E-state index in [1.54, 1.807) is 12.1 Å². The van der Waals surface area contributed by atoms with Crippen molar-refractivity contribution in [3.05, 3.63) is 41.3 Å². The van der Waals surface area contributed by atoms with E-state index in [0.717, 1.165) is 44.0 Å². The second kappa shape index (κ2) is 9.19. The van der Waals surface area contributed by atoms with Gasteiger partial charge in [0.1, 0.15) is 27.9 Å². The zero-order valence-corrected chi connectivity index (χ0v) is 18.3. The maximum atomic E-state index is 12.8. The number of sulfonamides is 1. The van der Waals surface area contributed by atoms with Gasteiger partial charge in [0.15, 0.2) is 0 Å². The number of piperidine rings is 1. The monoisotopic (exact) mass is 422 g/mol. The summed E-state index contributed by atoms with van der Waals surface area (Å²) in [5, 5.41) is 0. The van der Waals surface area contributed by atoms with Crippen LogP contribution < -0.4 is 14.2 Å². The summed E-state index contributed by atoms with van der Waals surface area (Å²) in [7, 11) is -0.717. The van der Waals surface area contributed by atoms with Crippen LogP contribution in [-0.2, 0) is 16.6 Å². The van der Waals surface area contributed by atoms with Gasteiger partial charge in [0.2, 0.25) is 10.0 Å². The fraction of sp³-hybridized carbons (Fsp3) is 0.524. The molecule has 0 bridgehead atoms. The van der Waals surface area contributed by atoms with Gasteiger partial charge in [0.25, 0.3) is 0 Å². The lowest BCUT2D eigenvalue weighted by Crippen LogP contribution is -2.38. The Morgan fingerprint density at radius 2 is 1.86 bits per heavy atom. The van der Waals surface area contributed by atoms with Gasteiger partial charge < -0.3 is 13.9 Å². The molecule has 1 aliphatic heterocycles. The predicted molar refractivity (Wildman–Crippen MR) is 111 cm³/mol. The van der Waals surface area contributed by atoms with Crippen molar-refractivity contribution in [3.63, 3.8) is 0 Å². The van der Waals surface area contributed by atoms with Gasteiger partial charge in [0.05, 0.1) is 14.2 Å². The Morgan fingerprint density at radius 1 is 1.14 bits per heavy atom. The number of hydrogen-bond acceptors (Lipinski definition) is 6. The van der Waals surface area contributed by atoms with Crippen molar-refractivity contribution in [1.29, 1.82) is 0 Å². The third-order valence-electron chi connectivity index (χ3n) is 5.47. The van der Waals surface area contributed by atoms with Crippen LogP contribution in [0.4, 0.5) is 0 Å². The van der Waals surface area contributed by atoms with Gasteiger partial charge in [-0.25, -0.2) is 13.1 Å². The number of furan rings is 1. The first-order valence-corrected chi connectivity index (χ1v) is 11.3. The number of hydrogen-bond donors (Lipinski definition) is 1. The first-order valence-electron chi connectivity index (χ1n) is 9.82. The number of likely N-dealkylation sites (tertiary alicyclic amines) is 1. The van der Waals surface area contributed by atoms with Gasteiger partial charge in [-0.2, -0.15) is 0 Å². The molecule has 160 valence electrons. The lowest BCUT2D eigenvalue weighted by atomic mass is 9.97. The van der Waals surface area contributed by atoms with Crippen molar-refractivity contribution in [2.75, 3.05) is 33.9 Å². The van der Waals surface area contributed by atoms with E-state index in [1.807, 2.05) is 13.8 Å². The number of nitrogens with zero attached hydrogens (tertiary/aromatic N) is 1. The van der Waals surface area contributed by atoms with Gasteiger partial charge in [-0.15, -0.1) is 0 Å². The van der Waals surface area contributed by atoms with Crippen LogP contribution in [0.5, 0.6) is 11.5 Å². The van der Waals surface area contributed by atoms with Gasteiger partial charge in [-0.1, -0.05) is 0 Å². The summed E-state index contributed by atoms with van der Waals surface area (Å²) in [6, 6.07) is 6.86. The normalized spacial score (nSPS) is 16.1. The number of rotatable bonds is 8. The Bertz CT molecular complexity index is 931. The molecule has 1 fully saturated rings.